The minimum absolute atomic E-state index is 0.636. The van der Waals surface area contributed by atoms with Gasteiger partial charge in [-0.1, -0.05) is 105 Å². The Morgan fingerprint density at radius 3 is 2.40 bits per heavy atom. The summed E-state index contributed by atoms with van der Waals surface area (Å²) < 4.78 is 0. The maximum Gasteiger partial charge on any atom is -0.0300 e. The highest BCUT2D eigenvalue weighted by molar-refractivity contribution is 4.84. The molecule has 0 aliphatic heterocycles. The van der Waals surface area contributed by atoms with E-state index in [1.165, 1.54) is 83.5 Å². The smallest absolute Gasteiger partial charge is 0.0300 e. The van der Waals surface area contributed by atoms with Crippen LogP contribution in [0.25, 0.3) is 0 Å². The predicted molar refractivity (Wildman–Crippen MR) is 117 cm³/mol. The van der Waals surface area contributed by atoms with Crippen molar-refractivity contribution in [1.82, 2.24) is 0 Å². The highest BCUT2D eigenvalue weighted by atomic mass is 14.4. The number of rotatable bonds is 12. The summed E-state index contributed by atoms with van der Waals surface area (Å²) in [6.07, 6.45) is 20.5. The summed E-state index contributed by atoms with van der Waals surface area (Å²) in [6, 6.07) is 0. The maximum absolute atomic E-state index is 3.90. The molecule has 0 heteroatoms. The summed E-state index contributed by atoms with van der Waals surface area (Å²) in [6.45, 7) is 17.8. The molecule has 1 saturated carbocycles. The largest absolute Gasteiger partial charge is 0.103 e. The van der Waals surface area contributed by atoms with E-state index >= 15 is 0 Å². The number of hydrogen-bond acceptors (Lipinski definition) is 0. The first kappa shape index (κ1) is 24.7. The quantitative estimate of drug-likeness (QED) is 0.308. The van der Waals surface area contributed by atoms with Gasteiger partial charge in [0.05, 0.1) is 0 Å². The van der Waals surface area contributed by atoms with Crippen molar-refractivity contribution in [2.75, 3.05) is 0 Å². The van der Waals surface area contributed by atoms with Crippen LogP contribution in [0.3, 0.4) is 0 Å². The fourth-order valence-corrected chi connectivity index (χ4v) is 4.47. The lowest BCUT2D eigenvalue weighted by Gasteiger charge is -2.40. The zero-order valence-electron chi connectivity index (χ0n) is 18.7. The van der Waals surface area contributed by atoms with Crippen molar-refractivity contribution in [1.29, 1.82) is 0 Å². The molecule has 0 aromatic rings. The first-order valence-corrected chi connectivity index (χ1v) is 11.6. The molecule has 150 valence electrons. The standard InChI is InChI=1S/C23H44.C2H6/c1-6-8-13-22(14-9-7-2)16-15-20(3)17-19-23(5)18-11-10-12-21(23)4;1-2/h6,20-22H,1,7-19H2,2-5H3;1-2H3. The molecule has 25 heavy (non-hydrogen) atoms. The average Bonchev–Trinajstić information content (AvgIpc) is 2.63. The van der Waals surface area contributed by atoms with Crippen molar-refractivity contribution < 1.29 is 0 Å². The second kappa shape index (κ2) is 14.9. The zero-order valence-corrected chi connectivity index (χ0v) is 18.7. The molecular formula is C25H50. The van der Waals surface area contributed by atoms with Crippen LogP contribution in [0.4, 0.5) is 0 Å². The van der Waals surface area contributed by atoms with E-state index in [-0.39, 0.29) is 0 Å². The monoisotopic (exact) mass is 350 g/mol. The minimum Gasteiger partial charge on any atom is -0.103 e. The van der Waals surface area contributed by atoms with Gasteiger partial charge >= 0.3 is 0 Å². The van der Waals surface area contributed by atoms with Crippen LogP contribution in [0, 0.1) is 23.2 Å². The third kappa shape index (κ3) is 10.5. The normalized spacial score (nSPS) is 25.6. The zero-order chi connectivity index (χ0) is 19.1. The first-order chi connectivity index (χ1) is 12.0. The van der Waals surface area contributed by atoms with Crippen LogP contribution in [0.1, 0.15) is 125 Å². The van der Waals surface area contributed by atoms with Gasteiger partial charge in [-0.2, -0.15) is 0 Å². The Bertz CT molecular complexity index is 305. The van der Waals surface area contributed by atoms with Crippen molar-refractivity contribution >= 4 is 0 Å². The number of hydrogen-bond donors (Lipinski definition) is 0. The van der Waals surface area contributed by atoms with Gasteiger partial charge in [0, 0.05) is 0 Å². The van der Waals surface area contributed by atoms with Crippen molar-refractivity contribution in [3.8, 4) is 0 Å². The Morgan fingerprint density at radius 2 is 1.80 bits per heavy atom. The van der Waals surface area contributed by atoms with E-state index in [1.54, 1.807) is 0 Å². The van der Waals surface area contributed by atoms with Gasteiger partial charge in [-0.15, -0.1) is 6.58 Å². The second-order valence-electron chi connectivity index (χ2n) is 8.90. The molecular weight excluding hydrogens is 300 g/mol. The molecule has 0 spiro atoms. The lowest BCUT2D eigenvalue weighted by Crippen LogP contribution is -2.29. The molecule has 0 radical (unpaired) electrons. The van der Waals surface area contributed by atoms with Crippen molar-refractivity contribution in [2.45, 2.75) is 125 Å². The third-order valence-electron chi connectivity index (χ3n) is 6.85. The Balaban J connectivity index is 0.00000277. The second-order valence-corrected chi connectivity index (χ2v) is 8.90. The summed E-state index contributed by atoms with van der Waals surface area (Å²) in [5, 5.41) is 0. The molecule has 0 heterocycles. The van der Waals surface area contributed by atoms with E-state index < -0.39 is 0 Å². The van der Waals surface area contributed by atoms with Gasteiger partial charge in [0.1, 0.15) is 0 Å². The fraction of sp³-hybridized carbons (Fsp3) is 0.920. The van der Waals surface area contributed by atoms with Crippen molar-refractivity contribution in [2.24, 2.45) is 23.2 Å². The summed E-state index contributed by atoms with van der Waals surface area (Å²) in [7, 11) is 0. The first-order valence-electron chi connectivity index (χ1n) is 11.6. The molecule has 1 fully saturated rings. The van der Waals surface area contributed by atoms with E-state index in [4.69, 9.17) is 0 Å². The average molecular weight is 351 g/mol. The Morgan fingerprint density at radius 1 is 1.08 bits per heavy atom. The van der Waals surface area contributed by atoms with Gasteiger partial charge in [0.15, 0.2) is 0 Å². The van der Waals surface area contributed by atoms with Gasteiger partial charge in [-0.3, -0.25) is 0 Å². The molecule has 4 atom stereocenters. The summed E-state index contributed by atoms with van der Waals surface area (Å²) in [4.78, 5) is 0. The molecule has 0 bridgehead atoms. The molecule has 0 amide bonds. The molecule has 4 unspecified atom stereocenters. The van der Waals surface area contributed by atoms with Crippen molar-refractivity contribution in [3.63, 3.8) is 0 Å². The lowest BCUT2D eigenvalue weighted by atomic mass is 9.65. The van der Waals surface area contributed by atoms with Gasteiger partial charge in [0.2, 0.25) is 0 Å². The van der Waals surface area contributed by atoms with Crippen LogP contribution in [-0.2, 0) is 0 Å². The Labute approximate surface area is 161 Å². The third-order valence-corrected chi connectivity index (χ3v) is 6.85. The molecule has 1 aliphatic carbocycles. The molecule has 1 aliphatic rings. The predicted octanol–water partition coefficient (Wildman–Crippen LogP) is 9.20. The minimum atomic E-state index is 0.636. The van der Waals surface area contributed by atoms with Gasteiger partial charge in [0.25, 0.3) is 0 Å². The number of allylic oxidation sites excluding steroid dienone is 1. The summed E-state index contributed by atoms with van der Waals surface area (Å²) in [5.74, 6) is 2.79. The molecule has 0 aromatic carbocycles. The van der Waals surface area contributed by atoms with Gasteiger partial charge in [-0.05, 0) is 48.9 Å². The van der Waals surface area contributed by atoms with E-state index in [0.29, 0.717) is 5.41 Å². The summed E-state index contributed by atoms with van der Waals surface area (Å²) in [5.41, 5.74) is 0.636. The van der Waals surface area contributed by atoms with Crippen LogP contribution in [0.2, 0.25) is 0 Å². The van der Waals surface area contributed by atoms with Gasteiger partial charge < -0.3 is 0 Å². The Kier molecular flexibility index (Phi) is 14.7. The molecule has 0 nitrogen and oxygen atoms in total. The molecule has 1 rings (SSSR count). The summed E-state index contributed by atoms with van der Waals surface area (Å²) >= 11 is 0. The highest BCUT2D eigenvalue weighted by Gasteiger charge is 2.33. The molecule has 0 saturated heterocycles. The van der Waals surface area contributed by atoms with E-state index in [2.05, 4.69) is 40.3 Å². The van der Waals surface area contributed by atoms with Crippen LogP contribution < -0.4 is 0 Å². The lowest BCUT2D eigenvalue weighted by molar-refractivity contribution is 0.107. The van der Waals surface area contributed by atoms with E-state index in [1.807, 2.05) is 13.8 Å². The van der Waals surface area contributed by atoms with Crippen LogP contribution in [0.5, 0.6) is 0 Å². The fourth-order valence-electron chi connectivity index (χ4n) is 4.47. The van der Waals surface area contributed by atoms with Crippen LogP contribution in [-0.4, -0.2) is 0 Å². The Hall–Kier alpha value is -0.260. The van der Waals surface area contributed by atoms with E-state index in [9.17, 15) is 0 Å². The van der Waals surface area contributed by atoms with Gasteiger partial charge in [-0.25, -0.2) is 0 Å². The maximum atomic E-state index is 3.90. The topological polar surface area (TPSA) is 0 Å². The highest BCUT2D eigenvalue weighted by Crippen LogP contribution is 2.45. The molecule has 0 aromatic heterocycles. The van der Waals surface area contributed by atoms with Crippen molar-refractivity contribution in [3.05, 3.63) is 12.7 Å². The number of unbranched alkanes of at least 4 members (excludes halogenated alkanes) is 1. The molecule has 0 N–H and O–H groups in total. The van der Waals surface area contributed by atoms with Crippen LogP contribution >= 0.6 is 0 Å². The SMILES string of the molecule is C=CCCC(CCCC)CCC(C)CCC1(C)CCCCC1C.CC. The van der Waals surface area contributed by atoms with Crippen LogP contribution in [0.15, 0.2) is 12.7 Å². The van der Waals surface area contributed by atoms with E-state index in [0.717, 1.165) is 17.8 Å².